The van der Waals surface area contributed by atoms with Gasteiger partial charge in [0.05, 0.1) is 65.5 Å². The maximum absolute atomic E-state index is 13.8. The molecule has 2 aliphatic rings. The van der Waals surface area contributed by atoms with Crippen LogP contribution in [-0.4, -0.2) is 196 Å². The predicted molar refractivity (Wildman–Crippen MR) is 305 cm³/mol. The summed E-state index contributed by atoms with van der Waals surface area (Å²) >= 11 is 0.527. The molecule has 2 saturated heterocycles. The van der Waals surface area contributed by atoms with E-state index in [0.717, 1.165) is 25.6 Å². The van der Waals surface area contributed by atoms with Crippen molar-refractivity contribution in [3.05, 3.63) is 25.3 Å². The van der Waals surface area contributed by atoms with E-state index in [1.807, 2.05) is 0 Å². The Hall–Kier alpha value is -3.28. The molecule has 39 heteroatoms. The molecule has 34 nitrogen and oxygen atoms in total. The first-order valence-electron chi connectivity index (χ1n) is 27.9. The summed E-state index contributed by atoms with van der Waals surface area (Å²) in [7, 11) is -13.9. The van der Waals surface area contributed by atoms with E-state index in [-0.39, 0.29) is 78.9 Å². The molecule has 10 N–H and O–H groups in total. The molecule has 0 bridgehead atoms. The van der Waals surface area contributed by atoms with Crippen LogP contribution in [0.15, 0.2) is 25.3 Å². The van der Waals surface area contributed by atoms with E-state index in [0.29, 0.717) is 17.8 Å². The summed E-state index contributed by atoms with van der Waals surface area (Å²) in [6.45, 7) is -8.64. The lowest BCUT2D eigenvalue weighted by molar-refractivity contribution is -0.214. The van der Waals surface area contributed by atoms with Gasteiger partial charge in [-0.2, -0.15) is 0 Å². The zero-order valence-corrected chi connectivity index (χ0v) is 52.2. The summed E-state index contributed by atoms with van der Waals surface area (Å²) in [5.74, 6) is -0.390. The zero-order valence-electron chi connectivity index (χ0n) is 47.8. The second-order valence-corrected chi connectivity index (χ2v) is 28.3. The van der Waals surface area contributed by atoms with E-state index >= 15 is 0 Å². The number of rotatable bonds is 44. The van der Waals surface area contributed by atoms with Crippen LogP contribution >= 0.6 is 41.6 Å². The Morgan fingerprint density at radius 1 is 0.756 bits per heavy atom. The minimum Gasteiger partial charge on any atom is -0.465 e. The van der Waals surface area contributed by atoms with Crippen LogP contribution in [0.1, 0.15) is 96.8 Å². The van der Waals surface area contributed by atoms with Crippen molar-refractivity contribution >= 4 is 81.6 Å². The van der Waals surface area contributed by atoms with Crippen molar-refractivity contribution in [2.24, 2.45) is 0 Å². The van der Waals surface area contributed by atoms with Crippen molar-refractivity contribution in [3.8, 4) is 0 Å². The number of unbranched alkanes of at least 4 members (excludes halogenated alkanes) is 10. The molecule has 2 aliphatic heterocycles. The van der Waals surface area contributed by atoms with Crippen LogP contribution in [0, 0.1) is 0 Å². The number of aliphatic hydroxyl groups excluding tert-OH is 2. The zero-order chi connectivity index (χ0) is 62.2. The quantitative estimate of drug-likeness (QED) is 0.0169. The van der Waals surface area contributed by atoms with Crippen molar-refractivity contribution in [2.45, 2.75) is 153 Å². The standard InChI is InChI=1S/C47H80N10O24P4S/c1-3-4-5-6-7-8-9-10-11-12-13-15-39(60)71-20-21-86-85(67,68)79-26-38-47(16-14-18-70-38,74-33-57-31-55-41-44(49)51-29-53-46(41)57)27-80-83(63,64)76-22-34(59)35(73-32-56-30-54-40-43(48)50-28-52-45(40)56)24-78-84(65,66)81-37-23-72-36(42(37)69-2)25-77-82(61,62)75-19-17-58/h28-31,34-38,42,58-59H,3-27,32-33H2,1-2H3,(H,61,62)(H,63,64)(H,65,66)(H,67,68)(H2,48,50,52)(H2,49,51,53)/t34?,35-,36-,37?,38?,42?,47-/m1/s1. The van der Waals surface area contributed by atoms with Crippen LogP contribution in [0.25, 0.3) is 22.3 Å². The molecular weight excluding hydrogens is 1240 g/mol. The second-order valence-electron chi connectivity index (χ2n) is 19.9. The molecule has 0 spiro atoms. The van der Waals surface area contributed by atoms with Gasteiger partial charge in [0, 0.05) is 25.9 Å². The highest BCUT2D eigenvalue weighted by atomic mass is 32.7. The van der Waals surface area contributed by atoms with Crippen LogP contribution in [0.4, 0.5) is 11.6 Å². The number of nitrogens with two attached hydrogens (primary N) is 2. The van der Waals surface area contributed by atoms with Gasteiger partial charge in [0.2, 0.25) is 0 Å². The molecule has 2 fully saturated rings. The highest BCUT2D eigenvalue weighted by Gasteiger charge is 2.48. The van der Waals surface area contributed by atoms with Crippen LogP contribution in [0.2, 0.25) is 0 Å². The molecule has 0 amide bonds. The molecule has 11 atom stereocenters. The lowest BCUT2D eigenvalue weighted by Crippen LogP contribution is -2.55. The molecule has 86 heavy (non-hydrogen) atoms. The van der Waals surface area contributed by atoms with E-state index < -0.39 is 138 Å². The molecule has 0 aromatic carbocycles. The number of nitrogen functional groups attached to an aromatic ring is 2. The van der Waals surface area contributed by atoms with Gasteiger partial charge in [-0.3, -0.25) is 45.6 Å². The number of carbonyl (C=O) groups excluding carboxylic acids is 1. The number of carbonyl (C=O) groups is 1. The topological polar surface area (TPSA) is 466 Å². The minimum atomic E-state index is -5.27. The lowest BCUT2D eigenvalue weighted by Gasteiger charge is -2.43. The number of aliphatic hydroxyl groups is 2. The Morgan fingerprint density at radius 2 is 1.37 bits per heavy atom. The van der Waals surface area contributed by atoms with Crippen molar-refractivity contribution in [3.63, 3.8) is 0 Å². The Balaban J connectivity index is 1.07. The molecule has 4 aromatic heterocycles. The van der Waals surface area contributed by atoms with Gasteiger partial charge in [-0.25, -0.2) is 48.2 Å². The van der Waals surface area contributed by atoms with Crippen LogP contribution in [0.3, 0.4) is 0 Å². The smallest absolute Gasteiger partial charge is 0.465 e. The summed E-state index contributed by atoms with van der Waals surface area (Å²) in [6.07, 6.45) is 9.47. The first kappa shape index (κ1) is 71.8. The fourth-order valence-corrected chi connectivity index (χ4v) is 13.6. The maximum Gasteiger partial charge on any atom is 0.472 e. The average Bonchev–Trinajstić information content (AvgIpc) is 2.25. The van der Waals surface area contributed by atoms with Crippen LogP contribution in [-0.2, 0) is 96.6 Å². The number of ether oxygens (including phenoxy) is 6. The maximum atomic E-state index is 13.8. The summed E-state index contributed by atoms with van der Waals surface area (Å²) < 4.78 is 127. The van der Waals surface area contributed by atoms with Gasteiger partial charge >= 0.3 is 36.2 Å². The third-order valence-corrected chi connectivity index (χ3v) is 19.5. The largest absolute Gasteiger partial charge is 0.472 e. The number of hydrogen-bond acceptors (Lipinski definition) is 29. The van der Waals surface area contributed by atoms with Gasteiger partial charge in [-0.15, -0.1) is 0 Å². The molecule has 4 aromatic rings. The Kier molecular flexibility index (Phi) is 29.5. The van der Waals surface area contributed by atoms with E-state index in [4.69, 9.17) is 72.1 Å². The predicted octanol–water partition coefficient (Wildman–Crippen LogP) is 4.70. The summed E-state index contributed by atoms with van der Waals surface area (Å²) in [4.78, 5) is 79.9. The summed E-state index contributed by atoms with van der Waals surface area (Å²) in [5, 5.41) is 20.4. The number of imidazole rings is 2. The minimum absolute atomic E-state index is 0.0303. The number of fused-ring (bicyclic) bond motifs is 2. The molecule has 0 aliphatic carbocycles. The SMILES string of the molecule is CCCCCCCCCCCCCC(=O)OCCSP(=O)(O)OCC1OCCC[C@]1(COP(=O)(O)OCC(O)[C@@H](COP(=O)(O)OC1CO[C@H](COP(=O)(O)OCCO)C1OC)OCn1cnc2c(N)ncnc21)OCn1cnc2c(N)ncnc21. The van der Waals surface area contributed by atoms with E-state index in [9.17, 15) is 47.7 Å². The van der Waals surface area contributed by atoms with E-state index in [2.05, 4.69) is 41.4 Å². The van der Waals surface area contributed by atoms with Gasteiger partial charge in [0.25, 0.3) is 0 Å². The average molecular weight is 1330 g/mol. The van der Waals surface area contributed by atoms with Gasteiger partial charge in [0.1, 0.15) is 86.0 Å². The van der Waals surface area contributed by atoms with Crippen LogP contribution in [0.5, 0.6) is 0 Å². The van der Waals surface area contributed by atoms with Gasteiger partial charge in [-0.1, -0.05) is 71.1 Å². The number of esters is 1. The normalized spacial score (nSPS) is 22.7. The Morgan fingerprint density at radius 3 is 2.01 bits per heavy atom. The molecule has 6 rings (SSSR count). The van der Waals surface area contributed by atoms with Crippen molar-refractivity contribution in [1.29, 1.82) is 0 Å². The molecular formula is C47H80N10O24P4S. The highest BCUT2D eigenvalue weighted by Crippen LogP contribution is 2.56. The lowest BCUT2D eigenvalue weighted by atomic mass is 9.90. The fraction of sp³-hybridized carbons (Fsp3) is 0.766. The highest BCUT2D eigenvalue weighted by molar-refractivity contribution is 8.54. The molecule has 0 radical (unpaired) electrons. The second kappa shape index (κ2) is 35.4. The number of aromatic nitrogens is 8. The number of anilines is 2. The third kappa shape index (κ3) is 23.2. The van der Waals surface area contributed by atoms with E-state index in [1.165, 1.54) is 80.2 Å². The Bertz CT molecular complexity index is 2910. The summed E-state index contributed by atoms with van der Waals surface area (Å²) in [5.41, 5.74) is 11.1. The molecule has 488 valence electrons. The first-order chi connectivity index (χ1) is 41.1. The van der Waals surface area contributed by atoms with Crippen LogP contribution < -0.4 is 11.5 Å². The summed E-state index contributed by atoms with van der Waals surface area (Å²) in [6, 6.07) is 0. The van der Waals surface area contributed by atoms with Gasteiger partial charge < -0.3 is 69.7 Å². The Labute approximate surface area is 500 Å². The number of methoxy groups -OCH3 is 1. The number of phosphoric acid groups is 3. The third-order valence-electron chi connectivity index (χ3n) is 13.6. The number of nitrogens with zero attached hydrogens (tertiary/aromatic N) is 8. The fourth-order valence-electron chi connectivity index (χ4n) is 9.05. The number of phosphoric ester groups is 3. The van der Waals surface area contributed by atoms with Crippen molar-refractivity contribution < 1.29 is 113 Å². The van der Waals surface area contributed by atoms with Crippen molar-refractivity contribution in [2.75, 3.05) is 90.4 Å². The van der Waals surface area contributed by atoms with Gasteiger partial charge in [0.15, 0.2) is 22.9 Å². The molecule has 8 unspecified atom stereocenters. The molecule has 6 heterocycles. The van der Waals surface area contributed by atoms with Gasteiger partial charge in [-0.05, 0) is 30.6 Å². The first-order valence-corrected chi connectivity index (χ1v) is 35.5. The van der Waals surface area contributed by atoms with Crippen molar-refractivity contribution in [1.82, 2.24) is 39.0 Å². The van der Waals surface area contributed by atoms with E-state index in [1.54, 1.807) is 0 Å². The number of hydrogen-bond donors (Lipinski definition) is 8. The monoisotopic (exact) mass is 1320 g/mol. The molecule has 0 saturated carbocycles.